The lowest BCUT2D eigenvalue weighted by molar-refractivity contribution is 0.628. The van der Waals surface area contributed by atoms with Gasteiger partial charge in [0.25, 0.3) is 0 Å². The Bertz CT molecular complexity index is 576. The molecule has 0 nitrogen and oxygen atoms in total. The first-order chi connectivity index (χ1) is 10.3. The van der Waals surface area contributed by atoms with Crippen LogP contribution in [0.4, 0.5) is 4.39 Å². The van der Waals surface area contributed by atoms with Crippen molar-refractivity contribution in [3.8, 4) is 11.1 Å². The molecule has 0 N–H and O–H groups in total. The van der Waals surface area contributed by atoms with Crippen molar-refractivity contribution in [2.75, 3.05) is 0 Å². The van der Waals surface area contributed by atoms with Crippen LogP contribution in [-0.2, 0) is 6.42 Å². The lowest BCUT2D eigenvalue weighted by atomic mass is 10.0. The summed E-state index contributed by atoms with van der Waals surface area (Å²) >= 11 is 0. The van der Waals surface area contributed by atoms with Crippen molar-refractivity contribution in [2.45, 2.75) is 25.7 Å². The second-order valence-electron chi connectivity index (χ2n) is 5.08. The van der Waals surface area contributed by atoms with Crippen molar-refractivity contribution >= 4 is 0 Å². The summed E-state index contributed by atoms with van der Waals surface area (Å²) in [5.41, 5.74) is 3.50. The maximum Gasteiger partial charge on any atom is 0.123 e. The molecule has 0 saturated heterocycles. The van der Waals surface area contributed by atoms with E-state index >= 15 is 0 Å². The highest BCUT2D eigenvalue weighted by molar-refractivity contribution is 5.63. The van der Waals surface area contributed by atoms with Gasteiger partial charge in [-0.1, -0.05) is 54.6 Å². The molecule has 0 aromatic heterocycles. The first-order valence-corrected chi connectivity index (χ1v) is 7.40. The Balaban J connectivity index is 1.88. The molecule has 0 radical (unpaired) electrons. The van der Waals surface area contributed by atoms with Gasteiger partial charge < -0.3 is 0 Å². The summed E-state index contributed by atoms with van der Waals surface area (Å²) in [5.74, 6) is -0.196. The van der Waals surface area contributed by atoms with Crippen LogP contribution in [0.5, 0.6) is 0 Å². The summed E-state index contributed by atoms with van der Waals surface area (Å²) in [6.07, 6.45) is 10.6. The molecule has 2 aromatic rings. The summed E-state index contributed by atoms with van der Waals surface area (Å²) in [6, 6.07) is 15.1. The Labute approximate surface area is 126 Å². The van der Waals surface area contributed by atoms with Gasteiger partial charge in [0.05, 0.1) is 0 Å². The number of allylic oxidation sites excluding steroid dienone is 3. The van der Waals surface area contributed by atoms with Gasteiger partial charge in [0.15, 0.2) is 0 Å². The minimum Gasteiger partial charge on any atom is -0.207 e. The predicted molar refractivity (Wildman–Crippen MR) is 88.7 cm³/mol. The molecule has 0 amide bonds. The first-order valence-electron chi connectivity index (χ1n) is 7.40. The van der Waals surface area contributed by atoms with Crippen molar-refractivity contribution < 1.29 is 4.39 Å². The fourth-order valence-electron chi connectivity index (χ4n) is 2.21. The van der Waals surface area contributed by atoms with Gasteiger partial charge in [-0.05, 0) is 54.5 Å². The molecule has 108 valence electrons. The number of unbranched alkanes of at least 4 members (excludes halogenated alkanes) is 1. The van der Waals surface area contributed by atoms with E-state index in [1.165, 1.54) is 17.7 Å². The molecule has 0 fully saturated rings. The zero-order valence-electron chi connectivity index (χ0n) is 12.3. The van der Waals surface area contributed by atoms with Gasteiger partial charge in [0.1, 0.15) is 5.82 Å². The molecule has 0 atom stereocenters. The van der Waals surface area contributed by atoms with E-state index in [9.17, 15) is 4.39 Å². The SMILES string of the molecule is C=CCCC=CCCc1ccc(-c2ccc(F)cc2)cc1. The summed E-state index contributed by atoms with van der Waals surface area (Å²) < 4.78 is 12.9. The highest BCUT2D eigenvalue weighted by Gasteiger charge is 1.98. The normalized spacial score (nSPS) is 10.9. The molecule has 1 heteroatoms. The standard InChI is InChI=1S/C20H21F/c1-2-3-4-5-6-7-8-17-9-11-18(12-10-17)19-13-15-20(21)16-14-19/h2,5-6,9-16H,1,3-4,7-8H2. The zero-order valence-corrected chi connectivity index (χ0v) is 12.3. The van der Waals surface area contributed by atoms with E-state index < -0.39 is 0 Å². The third-order valence-corrected chi connectivity index (χ3v) is 3.44. The van der Waals surface area contributed by atoms with Crippen LogP contribution in [0.2, 0.25) is 0 Å². The highest BCUT2D eigenvalue weighted by atomic mass is 19.1. The molecule has 0 heterocycles. The Morgan fingerprint density at radius 3 is 1.95 bits per heavy atom. The molecular weight excluding hydrogens is 259 g/mol. The number of halogens is 1. The van der Waals surface area contributed by atoms with E-state index in [-0.39, 0.29) is 5.82 Å². The minimum atomic E-state index is -0.196. The van der Waals surface area contributed by atoms with E-state index in [1.54, 1.807) is 0 Å². The number of hydrogen-bond donors (Lipinski definition) is 0. The topological polar surface area (TPSA) is 0 Å². The smallest absolute Gasteiger partial charge is 0.123 e. The molecule has 0 aliphatic heterocycles. The van der Waals surface area contributed by atoms with Crippen LogP contribution in [0, 0.1) is 5.82 Å². The minimum absolute atomic E-state index is 0.196. The van der Waals surface area contributed by atoms with Crippen molar-refractivity contribution in [3.63, 3.8) is 0 Å². The molecule has 0 aliphatic rings. The Morgan fingerprint density at radius 2 is 1.33 bits per heavy atom. The Kier molecular flexibility index (Phi) is 5.96. The molecule has 0 unspecified atom stereocenters. The van der Waals surface area contributed by atoms with Crippen molar-refractivity contribution in [2.24, 2.45) is 0 Å². The molecule has 0 saturated carbocycles. The summed E-state index contributed by atoms with van der Waals surface area (Å²) in [7, 11) is 0. The lowest BCUT2D eigenvalue weighted by Crippen LogP contribution is -1.84. The van der Waals surface area contributed by atoms with Crippen molar-refractivity contribution in [1.82, 2.24) is 0 Å². The van der Waals surface area contributed by atoms with E-state index in [0.717, 1.165) is 36.8 Å². The lowest BCUT2D eigenvalue weighted by Gasteiger charge is -2.04. The molecule has 2 aromatic carbocycles. The molecule has 0 bridgehead atoms. The van der Waals surface area contributed by atoms with E-state index in [0.29, 0.717) is 0 Å². The summed E-state index contributed by atoms with van der Waals surface area (Å²) in [4.78, 5) is 0. The molecule has 21 heavy (non-hydrogen) atoms. The Hall–Kier alpha value is -2.15. The van der Waals surface area contributed by atoms with Crippen LogP contribution in [0.25, 0.3) is 11.1 Å². The second-order valence-corrected chi connectivity index (χ2v) is 5.08. The average molecular weight is 280 g/mol. The average Bonchev–Trinajstić information content (AvgIpc) is 2.52. The molecule has 0 aliphatic carbocycles. The van der Waals surface area contributed by atoms with Gasteiger partial charge in [0, 0.05) is 0 Å². The summed E-state index contributed by atoms with van der Waals surface area (Å²) in [6.45, 7) is 3.71. The van der Waals surface area contributed by atoms with E-state index in [4.69, 9.17) is 0 Å². The van der Waals surface area contributed by atoms with Gasteiger partial charge in [0.2, 0.25) is 0 Å². The number of rotatable bonds is 7. The van der Waals surface area contributed by atoms with Crippen LogP contribution in [0.3, 0.4) is 0 Å². The van der Waals surface area contributed by atoms with Gasteiger partial charge in [-0.25, -0.2) is 4.39 Å². The van der Waals surface area contributed by atoms with Gasteiger partial charge in [-0.15, -0.1) is 6.58 Å². The fraction of sp³-hybridized carbons (Fsp3) is 0.200. The monoisotopic (exact) mass is 280 g/mol. The summed E-state index contributed by atoms with van der Waals surface area (Å²) in [5, 5.41) is 0. The zero-order chi connectivity index (χ0) is 14.9. The van der Waals surface area contributed by atoms with Crippen LogP contribution in [-0.4, -0.2) is 0 Å². The number of benzene rings is 2. The quantitative estimate of drug-likeness (QED) is 0.434. The maximum atomic E-state index is 12.9. The number of aryl methyl sites for hydroxylation is 1. The van der Waals surface area contributed by atoms with E-state index in [1.807, 2.05) is 18.2 Å². The van der Waals surface area contributed by atoms with Crippen molar-refractivity contribution in [3.05, 3.63) is 84.7 Å². The third kappa shape index (κ3) is 5.03. The van der Waals surface area contributed by atoms with Gasteiger partial charge >= 0.3 is 0 Å². The van der Waals surface area contributed by atoms with Crippen LogP contribution in [0.1, 0.15) is 24.8 Å². The molecule has 2 rings (SSSR count). The Morgan fingerprint density at radius 1 is 0.762 bits per heavy atom. The van der Waals surface area contributed by atoms with Crippen LogP contribution in [0.15, 0.2) is 73.3 Å². The van der Waals surface area contributed by atoms with Crippen LogP contribution < -0.4 is 0 Å². The maximum absolute atomic E-state index is 12.9. The molecule has 0 spiro atoms. The number of hydrogen-bond acceptors (Lipinski definition) is 0. The van der Waals surface area contributed by atoms with E-state index in [2.05, 4.69) is 43.0 Å². The second kappa shape index (κ2) is 8.21. The third-order valence-electron chi connectivity index (χ3n) is 3.44. The van der Waals surface area contributed by atoms with Crippen molar-refractivity contribution in [1.29, 1.82) is 0 Å². The van der Waals surface area contributed by atoms with Gasteiger partial charge in [-0.3, -0.25) is 0 Å². The highest BCUT2D eigenvalue weighted by Crippen LogP contribution is 2.20. The van der Waals surface area contributed by atoms with Gasteiger partial charge in [-0.2, -0.15) is 0 Å². The fourth-order valence-corrected chi connectivity index (χ4v) is 2.21. The predicted octanol–water partition coefficient (Wildman–Crippen LogP) is 5.95. The largest absolute Gasteiger partial charge is 0.207 e. The van der Waals surface area contributed by atoms with Crippen LogP contribution >= 0.6 is 0 Å². The molecular formula is C20H21F. The first kappa shape index (κ1) is 15.2.